The van der Waals surface area contributed by atoms with E-state index in [0.29, 0.717) is 17.7 Å². The highest BCUT2D eigenvalue weighted by Crippen LogP contribution is 2.47. The van der Waals surface area contributed by atoms with Gasteiger partial charge in [-0.05, 0) is 51.4 Å². The minimum atomic E-state index is -0.694. The Morgan fingerprint density at radius 3 is 2.60 bits per heavy atom. The molecule has 1 aromatic carbocycles. The van der Waals surface area contributed by atoms with Crippen LogP contribution in [0.4, 0.5) is 4.39 Å². The van der Waals surface area contributed by atoms with E-state index in [1.807, 2.05) is 0 Å². The van der Waals surface area contributed by atoms with Gasteiger partial charge >= 0.3 is 0 Å². The lowest BCUT2D eigenvalue weighted by atomic mass is 9.77. The largest absolute Gasteiger partial charge is 0.483 e. The number of hydrogen-bond donors (Lipinski definition) is 0. The average Bonchev–Trinajstić information content (AvgIpc) is 3.04. The van der Waals surface area contributed by atoms with Crippen LogP contribution in [0.5, 0.6) is 0 Å². The molecule has 0 radical (unpaired) electrons. The number of ketones is 1. The molecule has 30 heavy (non-hydrogen) atoms. The molecule has 0 spiro atoms. The summed E-state index contributed by atoms with van der Waals surface area (Å²) >= 11 is 0. The molecule has 4 rings (SSSR count). The number of halogens is 1. The van der Waals surface area contributed by atoms with Crippen molar-refractivity contribution in [3.8, 4) is 0 Å². The van der Waals surface area contributed by atoms with Crippen LogP contribution in [0, 0.1) is 11.7 Å². The predicted molar refractivity (Wildman–Crippen MR) is 112 cm³/mol. The van der Waals surface area contributed by atoms with Gasteiger partial charge in [0.1, 0.15) is 11.9 Å². The number of nitrogens with zero attached hydrogens (tertiary/aromatic N) is 2. The van der Waals surface area contributed by atoms with Gasteiger partial charge in [0.05, 0.1) is 17.5 Å². The second kappa shape index (κ2) is 8.88. The van der Waals surface area contributed by atoms with Crippen LogP contribution in [0.2, 0.25) is 0 Å². The van der Waals surface area contributed by atoms with E-state index >= 15 is 0 Å². The third kappa shape index (κ3) is 3.66. The minimum absolute atomic E-state index is 0.0196. The van der Waals surface area contributed by atoms with Crippen molar-refractivity contribution < 1.29 is 18.7 Å². The van der Waals surface area contributed by atoms with Crippen LogP contribution in [0.3, 0.4) is 0 Å². The molecule has 0 N–H and O–H groups in total. The maximum atomic E-state index is 14.8. The van der Waals surface area contributed by atoms with E-state index in [4.69, 9.17) is 4.74 Å². The first-order chi connectivity index (χ1) is 14.6. The maximum absolute atomic E-state index is 14.8. The molecule has 3 aliphatic rings. The molecule has 0 bridgehead atoms. The van der Waals surface area contributed by atoms with Gasteiger partial charge in [-0.25, -0.2) is 4.39 Å². The minimum Gasteiger partial charge on any atom is -0.483 e. The van der Waals surface area contributed by atoms with Gasteiger partial charge in [0.25, 0.3) is 5.91 Å². The van der Waals surface area contributed by atoms with E-state index < -0.39 is 11.9 Å². The molecule has 1 aliphatic carbocycles. The summed E-state index contributed by atoms with van der Waals surface area (Å²) in [4.78, 5) is 30.7. The number of amides is 1. The van der Waals surface area contributed by atoms with Crippen molar-refractivity contribution in [3.63, 3.8) is 0 Å². The van der Waals surface area contributed by atoms with Crippen molar-refractivity contribution >= 4 is 11.7 Å². The van der Waals surface area contributed by atoms with Gasteiger partial charge in [-0.15, -0.1) is 0 Å². The Kier molecular flexibility index (Phi) is 6.23. The monoisotopic (exact) mass is 414 g/mol. The fraction of sp³-hybridized carbons (Fsp3) is 0.583. The molecular formula is C24H31FN2O3. The van der Waals surface area contributed by atoms with Gasteiger partial charge in [0.2, 0.25) is 0 Å². The number of rotatable bonds is 7. The zero-order valence-electron chi connectivity index (χ0n) is 17.9. The maximum Gasteiger partial charge on any atom is 0.290 e. The van der Waals surface area contributed by atoms with Crippen LogP contribution in [0.15, 0.2) is 35.6 Å². The third-order valence-electron chi connectivity index (χ3n) is 6.83. The van der Waals surface area contributed by atoms with Crippen molar-refractivity contribution in [3.05, 3.63) is 47.0 Å². The summed E-state index contributed by atoms with van der Waals surface area (Å²) in [6, 6.07) is 5.77. The standard InChI is InChI=1S/C24H31FN2O3/c1-3-26(4-2)14-9-15-27-21(16-10-5-7-12-18(16)25)20-22(28)17-11-6-8-13-19(17)30-23(20)24(27)29/h5,7,10,12,17,19,21H,3-4,6,8-9,11,13-15H2,1-2H3. The number of hydrogen-bond acceptors (Lipinski definition) is 4. The number of carbonyl (C=O) groups is 2. The van der Waals surface area contributed by atoms with Gasteiger partial charge in [0, 0.05) is 12.1 Å². The predicted octanol–water partition coefficient (Wildman–Crippen LogP) is 3.85. The fourth-order valence-electron chi connectivity index (χ4n) is 5.15. The summed E-state index contributed by atoms with van der Waals surface area (Å²) in [5, 5.41) is 0. The van der Waals surface area contributed by atoms with Crippen LogP contribution in [-0.4, -0.2) is 53.8 Å². The van der Waals surface area contributed by atoms with E-state index in [2.05, 4.69) is 18.7 Å². The van der Waals surface area contributed by atoms with E-state index in [1.54, 1.807) is 23.1 Å². The Bertz CT molecular complexity index is 849. The van der Waals surface area contributed by atoms with E-state index in [9.17, 15) is 14.0 Å². The van der Waals surface area contributed by atoms with Crippen LogP contribution in [0.1, 0.15) is 57.6 Å². The van der Waals surface area contributed by atoms with E-state index in [0.717, 1.165) is 51.7 Å². The number of fused-ring (bicyclic) bond motifs is 1. The number of benzene rings is 1. The summed E-state index contributed by atoms with van der Waals surface area (Å²) in [6.07, 6.45) is 4.12. The molecule has 1 amide bonds. The topological polar surface area (TPSA) is 49.9 Å². The van der Waals surface area contributed by atoms with Gasteiger partial charge < -0.3 is 14.5 Å². The van der Waals surface area contributed by atoms with E-state index in [1.165, 1.54) is 6.07 Å². The normalized spacial score (nSPS) is 26.1. The number of carbonyl (C=O) groups excluding carboxylic acids is 2. The highest BCUT2D eigenvalue weighted by atomic mass is 19.1. The molecule has 0 aromatic heterocycles. The summed E-state index contributed by atoms with van der Waals surface area (Å²) in [6.45, 7) is 7.43. The second-order valence-corrected chi connectivity index (χ2v) is 8.46. The van der Waals surface area contributed by atoms with Crippen molar-refractivity contribution in [1.82, 2.24) is 9.80 Å². The first-order valence-electron chi connectivity index (χ1n) is 11.3. The zero-order valence-corrected chi connectivity index (χ0v) is 17.9. The van der Waals surface area contributed by atoms with Crippen molar-refractivity contribution in [1.29, 1.82) is 0 Å². The highest BCUT2D eigenvalue weighted by molar-refractivity contribution is 6.11. The Hall–Kier alpha value is -2.21. The fourth-order valence-corrected chi connectivity index (χ4v) is 5.15. The first kappa shape index (κ1) is 21.0. The van der Waals surface area contributed by atoms with Gasteiger partial charge in [-0.1, -0.05) is 38.5 Å². The molecule has 1 fully saturated rings. The molecule has 3 unspecified atom stereocenters. The van der Waals surface area contributed by atoms with Crippen LogP contribution in [-0.2, 0) is 14.3 Å². The Morgan fingerprint density at radius 1 is 1.13 bits per heavy atom. The summed E-state index contributed by atoms with van der Waals surface area (Å²) in [7, 11) is 0. The number of Topliss-reactive ketones (excluding diaryl/α,β-unsaturated/α-hetero) is 1. The molecule has 6 heteroatoms. The van der Waals surface area contributed by atoms with Crippen LogP contribution >= 0.6 is 0 Å². The smallest absolute Gasteiger partial charge is 0.290 e. The zero-order chi connectivity index (χ0) is 21.3. The first-order valence-corrected chi connectivity index (χ1v) is 11.3. The molecule has 1 aromatic rings. The molecule has 162 valence electrons. The molecular weight excluding hydrogens is 383 g/mol. The molecule has 3 atom stereocenters. The summed E-state index contributed by atoms with van der Waals surface area (Å²) in [5.74, 6) is -0.727. The quantitative estimate of drug-likeness (QED) is 0.680. The van der Waals surface area contributed by atoms with Crippen LogP contribution in [0.25, 0.3) is 0 Å². The highest BCUT2D eigenvalue weighted by Gasteiger charge is 2.52. The average molecular weight is 415 g/mol. The third-order valence-corrected chi connectivity index (χ3v) is 6.83. The lowest BCUT2D eigenvalue weighted by Crippen LogP contribution is -2.39. The molecule has 2 heterocycles. The van der Waals surface area contributed by atoms with Gasteiger partial charge in [-0.3, -0.25) is 9.59 Å². The summed E-state index contributed by atoms with van der Waals surface area (Å²) in [5.41, 5.74) is 0.751. The molecule has 1 saturated carbocycles. The van der Waals surface area contributed by atoms with Crippen molar-refractivity contribution in [2.75, 3.05) is 26.2 Å². The van der Waals surface area contributed by atoms with Crippen molar-refractivity contribution in [2.45, 2.75) is 58.1 Å². The van der Waals surface area contributed by atoms with Crippen molar-refractivity contribution in [2.24, 2.45) is 5.92 Å². The lowest BCUT2D eigenvalue weighted by molar-refractivity contribution is -0.135. The Labute approximate surface area is 177 Å². The number of ether oxygens (including phenoxy) is 1. The molecule has 5 nitrogen and oxygen atoms in total. The second-order valence-electron chi connectivity index (χ2n) is 8.46. The van der Waals surface area contributed by atoms with Gasteiger partial charge in [0.15, 0.2) is 11.5 Å². The molecule has 0 saturated heterocycles. The van der Waals surface area contributed by atoms with E-state index in [-0.39, 0.29) is 29.5 Å². The Balaban J connectivity index is 1.67. The summed E-state index contributed by atoms with van der Waals surface area (Å²) < 4.78 is 20.9. The lowest BCUT2D eigenvalue weighted by Gasteiger charge is -2.35. The Morgan fingerprint density at radius 2 is 1.87 bits per heavy atom. The molecule has 2 aliphatic heterocycles. The SMILES string of the molecule is CCN(CC)CCCN1C(=O)C2=C(C(=O)C3CCCCC3O2)C1c1ccccc1F. The van der Waals surface area contributed by atoms with Gasteiger partial charge in [-0.2, -0.15) is 0 Å². The van der Waals surface area contributed by atoms with Crippen LogP contribution < -0.4 is 0 Å².